The van der Waals surface area contributed by atoms with Crippen LogP contribution in [0.5, 0.6) is 0 Å². The molecule has 1 aromatic heterocycles. The standard InChI is InChI=1S/C7H8Cl2N4/c1-5(4-8)10-12-7-3-2-6(9)11-13-7/h2-3H,4H2,1H3,(H,12,13)/b10-5+. The Morgan fingerprint density at radius 1 is 1.54 bits per heavy atom. The van der Waals surface area contributed by atoms with Gasteiger partial charge in [-0.05, 0) is 19.1 Å². The summed E-state index contributed by atoms with van der Waals surface area (Å²) >= 11 is 11.1. The van der Waals surface area contributed by atoms with Gasteiger partial charge in [0.15, 0.2) is 11.0 Å². The molecule has 1 N–H and O–H groups in total. The van der Waals surface area contributed by atoms with Crippen LogP contribution in [0.25, 0.3) is 0 Å². The monoisotopic (exact) mass is 218 g/mol. The molecule has 1 rings (SSSR count). The SMILES string of the molecule is C/C(CCl)=N\Nc1ccc(Cl)nn1. The van der Waals surface area contributed by atoms with Gasteiger partial charge in [0.25, 0.3) is 0 Å². The van der Waals surface area contributed by atoms with E-state index in [0.717, 1.165) is 5.71 Å². The summed E-state index contributed by atoms with van der Waals surface area (Å²) in [6.07, 6.45) is 0. The number of alkyl halides is 1. The molecule has 13 heavy (non-hydrogen) atoms. The van der Waals surface area contributed by atoms with E-state index in [4.69, 9.17) is 23.2 Å². The van der Waals surface area contributed by atoms with Gasteiger partial charge in [-0.1, -0.05) is 11.6 Å². The van der Waals surface area contributed by atoms with Gasteiger partial charge in [-0.2, -0.15) is 5.10 Å². The maximum Gasteiger partial charge on any atom is 0.168 e. The topological polar surface area (TPSA) is 50.2 Å². The molecule has 0 saturated carbocycles. The van der Waals surface area contributed by atoms with E-state index in [1.807, 2.05) is 6.92 Å². The summed E-state index contributed by atoms with van der Waals surface area (Å²) in [5.41, 5.74) is 3.47. The summed E-state index contributed by atoms with van der Waals surface area (Å²) in [5.74, 6) is 0.919. The number of hydrogen-bond acceptors (Lipinski definition) is 4. The van der Waals surface area contributed by atoms with Crippen LogP contribution in [-0.4, -0.2) is 21.8 Å². The quantitative estimate of drug-likeness (QED) is 0.481. The Hall–Kier alpha value is -0.870. The fraction of sp³-hybridized carbons (Fsp3) is 0.286. The molecule has 6 heteroatoms. The van der Waals surface area contributed by atoms with Crippen LogP contribution in [0.2, 0.25) is 5.15 Å². The highest BCUT2D eigenvalue weighted by atomic mass is 35.5. The number of aromatic nitrogens is 2. The smallest absolute Gasteiger partial charge is 0.168 e. The zero-order chi connectivity index (χ0) is 9.68. The van der Waals surface area contributed by atoms with Crippen molar-refractivity contribution >= 4 is 34.7 Å². The molecular formula is C7H8Cl2N4. The lowest BCUT2D eigenvalue weighted by molar-refractivity contribution is 1.02. The second kappa shape index (κ2) is 4.99. The van der Waals surface area contributed by atoms with Crippen LogP contribution in [0.3, 0.4) is 0 Å². The molecule has 0 fully saturated rings. The first kappa shape index (κ1) is 10.2. The average Bonchev–Trinajstić information content (AvgIpc) is 2.16. The molecule has 0 amide bonds. The number of nitrogens with zero attached hydrogens (tertiary/aromatic N) is 3. The molecule has 0 aliphatic heterocycles. The highest BCUT2D eigenvalue weighted by molar-refractivity contribution is 6.29. The van der Waals surface area contributed by atoms with Crippen molar-refractivity contribution in [2.75, 3.05) is 11.3 Å². The van der Waals surface area contributed by atoms with E-state index in [1.54, 1.807) is 12.1 Å². The highest BCUT2D eigenvalue weighted by Crippen LogP contribution is 2.05. The molecule has 4 nitrogen and oxygen atoms in total. The zero-order valence-corrected chi connectivity index (χ0v) is 8.47. The zero-order valence-electron chi connectivity index (χ0n) is 6.96. The van der Waals surface area contributed by atoms with Gasteiger partial charge in [0, 0.05) is 5.71 Å². The molecule has 0 saturated heterocycles. The van der Waals surface area contributed by atoms with E-state index in [1.165, 1.54) is 0 Å². The van der Waals surface area contributed by atoms with Crippen LogP contribution >= 0.6 is 23.2 Å². The lowest BCUT2D eigenvalue weighted by Gasteiger charge is -1.98. The average molecular weight is 219 g/mol. The third kappa shape index (κ3) is 3.57. The van der Waals surface area contributed by atoms with Gasteiger partial charge in [0.2, 0.25) is 0 Å². The first-order valence-electron chi connectivity index (χ1n) is 3.56. The van der Waals surface area contributed by atoms with Crippen molar-refractivity contribution in [3.8, 4) is 0 Å². The van der Waals surface area contributed by atoms with Crippen molar-refractivity contribution < 1.29 is 0 Å². The number of anilines is 1. The van der Waals surface area contributed by atoms with E-state index >= 15 is 0 Å². The van der Waals surface area contributed by atoms with E-state index < -0.39 is 0 Å². The molecule has 0 spiro atoms. The highest BCUT2D eigenvalue weighted by Gasteiger charge is 1.93. The Balaban J connectivity index is 2.60. The minimum Gasteiger partial charge on any atom is -0.260 e. The van der Waals surface area contributed by atoms with Crippen LogP contribution in [0.1, 0.15) is 6.92 Å². The molecule has 0 atom stereocenters. The van der Waals surface area contributed by atoms with Crippen molar-refractivity contribution in [1.82, 2.24) is 10.2 Å². The summed E-state index contributed by atoms with van der Waals surface area (Å²) in [7, 11) is 0. The van der Waals surface area contributed by atoms with Crippen LogP contribution in [0.4, 0.5) is 5.82 Å². The summed E-state index contributed by atoms with van der Waals surface area (Å²) < 4.78 is 0. The van der Waals surface area contributed by atoms with Gasteiger partial charge in [-0.25, -0.2) is 0 Å². The van der Waals surface area contributed by atoms with Crippen molar-refractivity contribution in [2.24, 2.45) is 5.10 Å². The first-order chi connectivity index (χ1) is 6.22. The minimum atomic E-state index is 0.351. The van der Waals surface area contributed by atoms with Crippen LogP contribution in [-0.2, 0) is 0 Å². The Kier molecular flexibility index (Phi) is 3.92. The van der Waals surface area contributed by atoms with E-state index in [9.17, 15) is 0 Å². The number of hydrazone groups is 1. The predicted molar refractivity (Wildman–Crippen MR) is 54.5 cm³/mol. The first-order valence-corrected chi connectivity index (χ1v) is 4.48. The molecule has 1 aromatic rings. The third-order valence-electron chi connectivity index (χ3n) is 1.19. The van der Waals surface area contributed by atoms with Gasteiger partial charge < -0.3 is 0 Å². The molecule has 0 radical (unpaired) electrons. The number of halogens is 2. The van der Waals surface area contributed by atoms with Gasteiger partial charge in [0.1, 0.15) is 0 Å². The predicted octanol–water partition coefficient (Wildman–Crippen LogP) is 2.16. The van der Waals surface area contributed by atoms with Crippen LogP contribution in [0.15, 0.2) is 17.2 Å². The number of hydrogen-bond donors (Lipinski definition) is 1. The van der Waals surface area contributed by atoms with E-state index in [2.05, 4.69) is 20.7 Å². The molecule has 0 unspecified atom stereocenters. The van der Waals surface area contributed by atoms with Gasteiger partial charge in [-0.3, -0.25) is 5.43 Å². The largest absolute Gasteiger partial charge is 0.260 e. The Morgan fingerprint density at radius 3 is 2.85 bits per heavy atom. The van der Waals surface area contributed by atoms with Gasteiger partial charge in [0.05, 0.1) is 5.88 Å². The van der Waals surface area contributed by atoms with Crippen molar-refractivity contribution in [2.45, 2.75) is 6.92 Å². The second-order valence-electron chi connectivity index (χ2n) is 2.33. The maximum atomic E-state index is 5.54. The van der Waals surface area contributed by atoms with E-state index in [-0.39, 0.29) is 0 Å². The van der Waals surface area contributed by atoms with E-state index in [0.29, 0.717) is 16.9 Å². The van der Waals surface area contributed by atoms with Gasteiger partial charge >= 0.3 is 0 Å². The molecule has 0 aliphatic carbocycles. The summed E-state index contributed by atoms with van der Waals surface area (Å²) in [6.45, 7) is 1.81. The molecular weight excluding hydrogens is 211 g/mol. The Labute approximate surface area is 86.0 Å². The Morgan fingerprint density at radius 2 is 2.31 bits per heavy atom. The van der Waals surface area contributed by atoms with Crippen LogP contribution < -0.4 is 5.43 Å². The fourth-order valence-electron chi connectivity index (χ4n) is 0.558. The molecule has 0 aliphatic rings. The lowest BCUT2D eigenvalue weighted by atomic mass is 10.5. The minimum absolute atomic E-state index is 0.351. The number of nitrogens with one attached hydrogen (secondary N) is 1. The van der Waals surface area contributed by atoms with Gasteiger partial charge in [-0.15, -0.1) is 21.8 Å². The Bertz CT molecular complexity index is 296. The molecule has 0 aromatic carbocycles. The summed E-state index contributed by atoms with van der Waals surface area (Å²) in [5, 5.41) is 11.7. The number of rotatable bonds is 3. The molecule has 1 heterocycles. The normalized spacial score (nSPS) is 11.5. The molecule has 0 bridgehead atoms. The summed E-state index contributed by atoms with van der Waals surface area (Å²) in [6, 6.07) is 3.31. The lowest BCUT2D eigenvalue weighted by Crippen LogP contribution is -2.00. The maximum absolute atomic E-state index is 5.54. The fourth-order valence-corrected chi connectivity index (χ4v) is 0.719. The third-order valence-corrected chi connectivity index (χ3v) is 1.78. The van der Waals surface area contributed by atoms with Crippen molar-refractivity contribution in [3.63, 3.8) is 0 Å². The summed E-state index contributed by atoms with van der Waals surface area (Å²) in [4.78, 5) is 0. The van der Waals surface area contributed by atoms with Crippen molar-refractivity contribution in [1.29, 1.82) is 0 Å². The van der Waals surface area contributed by atoms with Crippen molar-refractivity contribution in [3.05, 3.63) is 17.3 Å². The second-order valence-corrected chi connectivity index (χ2v) is 2.99. The van der Waals surface area contributed by atoms with Crippen LogP contribution in [0, 0.1) is 0 Å². The molecule has 70 valence electrons.